The van der Waals surface area contributed by atoms with Crippen LogP contribution in [0.5, 0.6) is 11.5 Å². The fourth-order valence-corrected chi connectivity index (χ4v) is 2.33. The minimum absolute atomic E-state index is 0.213. The fourth-order valence-electron chi connectivity index (χ4n) is 2.33. The van der Waals surface area contributed by atoms with Crippen molar-refractivity contribution in [2.24, 2.45) is 0 Å². The van der Waals surface area contributed by atoms with E-state index in [0.29, 0.717) is 31.2 Å². The van der Waals surface area contributed by atoms with E-state index in [9.17, 15) is 9.50 Å². The summed E-state index contributed by atoms with van der Waals surface area (Å²) in [7, 11) is 3.17. The van der Waals surface area contributed by atoms with E-state index in [1.807, 2.05) is 18.2 Å². The van der Waals surface area contributed by atoms with Gasteiger partial charge in [-0.2, -0.15) is 0 Å². The smallest absolute Gasteiger partial charge is 0.161 e. The Morgan fingerprint density at radius 3 is 2.36 bits per heavy atom. The Balaban J connectivity index is 1.68. The molecule has 1 atom stereocenters. The second kappa shape index (κ2) is 9.98. The first-order valence-electron chi connectivity index (χ1n) is 8.04. The molecule has 0 saturated carbocycles. The summed E-state index contributed by atoms with van der Waals surface area (Å²) in [6.45, 7) is 1.54. The first-order valence-corrected chi connectivity index (χ1v) is 8.04. The predicted octanol–water partition coefficient (Wildman–Crippen LogP) is 2.51. The van der Waals surface area contributed by atoms with Gasteiger partial charge in [-0.3, -0.25) is 0 Å². The Kier molecular flexibility index (Phi) is 7.66. The Bertz CT molecular complexity index is 648. The summed E-state index contributed by atoms with van der Waals surface area (Å²) in [4.78, 5) is 0. The molecule has 0 fully saturated rings. The third-order valence-corrected chi connectivity index (χ3v) is 3.65. The highest BCUT2D eigenvalue weighted by molar-refractivity contribution is 5.42. The normalized spacial score (nSPS) is 12.0. The number of methoxy groups -OCH3 is 2. The van der Waals surface area contributed by atoms with Crippen LogP contribution in [0.2, 0.25) is 0 Å². The molecule has 0 amide bonds. The highest BCUT2D eigenvalue weighted by Crippen LogP contribution is 2.27. The van der Waals surface area contributed by atoms with Gasteiger partial charge in [-0.25, -0.2) is 4.39 Å². The van der Waals surface area contributed by atoms with E-state index in [-0.39, 0.29) is 12.4 Å². The average Bonchev–Trinajstić information content (AvgIpc) is 2.63. The number of halogens is 1. The lowest BCUT2D eigenvalue weighted by atomic mass is 10.2. The van der Waals surface area contributed by atoms with Gasteiger partial charge in [0.15, 0.2) is 11.5 Å². The zero-order valence-corrected chi connectivity index (χ0v) is 14.5. The molecular weight excluding hydrogens is 325 g/mol. The summed E-state index contributed by atoms with van der Waals surface area (Å²) < 4.78 is 28.8. The van der Waals surface area contributed by atoms with Gasteiger partial charge < -0.3 is 24.6 Å². The van der Waals surface area contributed by atoms with E-state index in [2.05, 4.69) is 5.32 Å². The van der Waals surface area contributed by atoms with Gasteiger partial charge in [0, 0.05) is 13.1 Å². The Hall–Kier alpha value is -2.15. The van der Waals surface area contributed by atoms with Crippen LogP contribution in [0, 0.1) is 5.82 Å². The van der Waals surface area contributed by atoms with Crippen LogP contribution < -0.4 is 14.8 Å². The van der Waals surface area contributed by atoms with Crippen LogP contribution >= 0.6 is 0 Å². The minimum Gasteiger partial charge on any atom is -0.493 e. The molecule has 2 aromatic carbocycles. The Labute approximate surface area is 147 Å². The third kappa shape index (κ3) is 6.34. The molecule has 0 aliphatic heterocycles. The molecule has 2 aromatic rings. The standard InChI is InChI=1S/C19H24FNO4/c1-23-18-8-5-15(9-19(18)24-2)12-25-13-17(22)11-21-10-14-3-6-16(20)7-4-14/h3-9,17,21-22H,10-13H2,1-2H3. The van der Waals surface area contributed by atoms with E-state index in [1.54, 1.807) is 26.4 Å². The third-order valence-electron chi connectivity index (χ3n) is 3.65. The molecule has 0 aromatic heterocycles. The highest BCUT2D eigenvalue weighted by atomic mass is 19.1. The molecule has 1 unspecified atom stereocenters. The summed E-state index contributed by atoms with van der Waals surface area (Å²) in [5.74, 6) is 1.05. The lowest BCUT2D eigenvalue weighted by molar-refractivity contribution is 0.0287. The zero-order valence-electron chi connectivity index (χ0n) is 14.5. The van der Waals surface area contributed by atoms with Gasteiger partial charge in [-0.15, -0.1) is 0 Å². The van der Waals surface area contributed by atoms with Crippen molar-refractivity contribution in [1.29, 1.82) is 0 Å². The summed E-state index contributed by atoms with van der Waals surface area (Å²) in [5.41, 5.74) is 1.89. The molecule has 2 N–H and O–H groups in total. The van der Waals surface area contributed by atoms with Crippen molar-refractivity contribution in [1.82, 2.24) is 5.32 Å². The summed E-state index contributed by atoms with van der Waals surface area (Å²) >= 11 is 0. The molecule has 0 spiro atoms. The van der Waals surface area contributed by atoms with Crippen LogP contribution in [0.3, 0.4) is 0 Å². The Morgan fingerprint density at radius 2 is 1.68 bits per heavy atom. The molecule has 0 aliphatic carbocycles. The predicted molar refractivity (Wildman–Crippen MR) is 93.3 cm³/mol. The molecule has 0 saturated heterocycles. The van der Waals surface area contributed by atoms with E-state index in [1.165, 1.54) is 12.1 Å². The molecule has 136 valence electrons. The molecule has 25 heavy (non-hydrogen) atoms. The first kappa shape index (κ1) is 19.2. The van der Waals surface area contributed by atoms with Gasteiger partial charge in [0.25, 0.3) is 0 Å². The van der Waals surface area contributed by atoms with E-state index >= 15 is 0 Å². The second-order valence-electron chi connectivity index (χ2n) is 5.62. The monoisotopic (exact) mass is 349 g/mol. The Morgan fingerprint density at radius 1 is 1.00 bits per heavy atom. The first-order chi connectivity index (χ1) is 12.1. The van der Waals surface area contributed by atoms with Crippen LogP contribution in [0.15, 0.2) is 42.5 Å². The van der Waals surface area contributed by atoms with Crippen LogP contribution in [0.4, 0.5) is 4.39 Å². The van der Waals surface area contributed by atoms with Crippen molar-refractivity contribution in [3.8, 4) is 11.5 Å². The van der Waals surface area contributed by atoms with Crippen molar-refractivity contribution in [3.63, 3.8) is 0 Å². The van der Waals surface area contributed by atoms with Crippen LogP contribution in [-0.2, 0) is 17.9 Å². The van der Waals surface area contributed by atoms with Gasteiger partial charge in [-0.1, -0.05) is 18.2 Å². The van der Waals surface area contributed by atoms with E-state index in [4.69, 9.17) is 14.2 Å². The van der Waals surface area contributed by atoms with E-state index in [0.717, 1.165) is 11.1 Å². The number of hydrogen-bond donors (Lipinski definition) is 2. The zero-order chi connectivity index (χ0) is 18.1. The fraction of sp³-hybridized carbons (Fsp3) is 0.368. The van der Waals surface area contributed by atoms with Crippen molar-refractivity contribution in [2.75, 3.05) is 27.4 Å². The van der Waals surface area contributed by atoms with Gasteiger partial charge >= 0.3 is 0 Å². The van der Waals surface area contributed by atoms with Gasteiger partial charge in [0.2, 0.25) is 0 Å². The molecule has 0 radical (unpaired) electrons. The van der Waals surface area contributed by atoms with Crippen molar-refractivity contribution in [2.45, 2.75) is 19.3 Å². The van der Waals surface area contributed by atoms with Crippen LogP contribution in [0.25, 0.3) is 0 Å². The van der Waals surface area contributed by atoms with Gasteiger partial charge in [0.1, 0.15) is 5.82 Å². The molecule has 5 nitrogen and oxygen atoms in total. The summed E-state index contributed by atoms with van der Waals surface area (Å²) in [5, 5.41) is 13.1. The van der Waals surface area contributed by atoms with Gasteiger partial charge in [-0.05, 0) is 35.4 Å². The van der Waals surface area contributed by atoms with Crippen molar-refractivity contribution in [3.05, 3.63) is 59.4 Å². The van der Waals surface area contributed by atoms with Crippen molar-refractivity contribution >= 4 is 0 Å². The molecule has 6 heteroatoms. The maximum absolute atomic E-state index is 12.8. The van der Waals surface area contributed by atoms with E-state index < -0.39 is 6.10 Å². The molecule has 0 heterocycles. The lowest BCUT2D eigenvalue weighted by Gasteiger charge is -2.13. The quantitative estimate of drug-likeness (QED) is 0.690. The largest absolute Gasteiger partial charge is 0.493 e. The molecule has 2 rings (SSSR count). The molecular formula is C19H24FNO4. The summed E-state index contributed by atoms with van der Waals surface area (Å²) in [6.07, 6.45) is -0.624. The maximum Gasteiger partial charge on any atom is 0.161 e. The minimum atomic E-state index is -0.624. The number of nitrogens with one attached hydrogen (secondary N) is 1. The maximum atomic E-state index is 12.8. The number of hydrogen-bond acceptors (Lipinski definition) is 5. The average molecular weight is 349 g/mol. The van der Waals surface area contributed by atoms with Crippen LogP contribution in [0.1, 0.15) is 11.1 Å². The summed E-state index contributed by atoms with van der Waals surface area (Å²) in [6, 6.07) is 11.8. The second-order valence-corrected chi connectivity index (χ2v) is 5.62. The SMILES string of the molecule is COc1ccc(COCC(O)CNCc2ccc(F)cc2)cc1OC. The van der Waals surface area contributed by atoms with Crippen LogP contribution in [-0.4, -0.2) is 38.6 Å². The number of ether oxygens (including phenoxy) is 3. The molecule has 0 aliphatic rings. The highest BCUT2D eigenvalue weighted by Gasteiger charge is 2.07. The topological polar surface area (TPSA) is 60.0 Å². The number of aliphatic hydroxyl groups excluding tert-OH is 1. The molecule has 0 bridgehead atoms. The van der Waals surface area contributed by atoms with Crippen molar-refractivity contribution < 1.29 is 23.7 Å². The lowest BCUT2D eigenvalue weighted by Crippen LogP contribution is -2.30. The van der Waals surface area contributed by atoms with Gasteiger partial charge in [0.05, 0.1) is 33.5 Å². The number of benzene rings is 2. The number of rotatable bonds is 10. The number of aliphatic hydroxyl groups is 1.